The standard InChI is InChI=1S/C29H26N2O/c1-3-32-26-19-20-28(27(21-26)22(2)30)31-29(23-13-7-4-8-14-23,24-15-9-5-10-16-24)25-17-11-6-12-18-25/h3-21,30-31H,1H2,2H3. The first kappa shape index (κ1) is 21.1. The zero-order valence-corrected chi connectivity index (χ0v) is 18.1. The van der Waals surface area contributed by atoms with Gasteiger partial charge in [-0.3, -0.25) is 0 Å². The van der Waals surface area contributed by atoms with Gasteiger partial charge in [0.2, 0.25) is 0 Å². The lowest BCUT2D eigenvalue weighted by molar-refractivity contribution is 0.483. The number of rotatable bonds is 8. The minimum atomic E-state index is -0.658. The smallest absolute Gasteiger partial charge is 0.127 e. The Morgan fingerprint density at radius 1 is 0.781 bits per heavy atom. The van der Waals surface area contributed by atoms with Crippen LogP contribution >= 0.6 is 0 Å². The van der Waals surface area contributed by atoms with E-state index in [1.165, 1.54) is 6.26 Å². The Morgan fingerprint density at radius 3 is 1.66 bits per heavy atom. The zero-order chi connectivity index (χ0) is 22.4. The molecule has 4 aromatic rings. The molecule has 0 aliphatic carbocycles. The fourth-order valence-corrected chi connectivity index (χ4v) is 4.10. The number of hydrogen-bond acceptors (Lipinski definition) is 3. The third kappa shape index (κ3) is 4.06. The van der Waals surface area contributed by atoms with Crippen LogP contribution in [0.3, 0.4) is 0 Å². The van der Waals surface area contributed by atoms with Crippen LogP contribution in [0, 0.1) is 5.41 Å². The third-order valence-corrected chi connectivity index (χ3v) is 5.56. The highest BCUT2D eigenvalue weighted by Crippen LogP contribution is 2.41. The van der Waals surface area contributed by atoms with Crippen molar-refractivity contribution in [3.8, 4) is 5.75 Å². The van der Waals surface area contributed by atoms with Gasteiger partial charge in [0.1, 0.15) is 11.3 Å². The molecule has 0 saturated heterocycles. The Labute approximate surface area is 189 Å². The van der Waals surface area contributed by atoms with Crippen molar-refractivity contribution in [1.29, 1.82) is 5.41 Å². The van der Waals surface area contributed by atoms with Gasteiger partial charge in [0.05, 0.1) is 6.26 Å². The Kier molecular flexibility index (Phi) is 6.18. The van der Waals surface area contributed by atoms with Crippen LogP contribution in [-0.2, 0) is 5.54 Å². The number of benzene rings is 4. The van der Waals surface area contributed by atoms with Gasteiger partial charge in [0.15, 0.2) is 0 Å². The molecule has 0 radical (unpaired) electrons. The first-order valence-corrected chi connectivity index (χ1v) is 10.6. The lowest BCUT2D eigenvalue weighted by Crippen LogP contribution is -2.38. The highest BCUT2D eigenvalue weighted by Gasteiger charge is 2.36. The summed E-state index contributed by atoms with van der Waals surface area (Å²) in [5, 5.41) is 12.2. The van der Waals surface area contributed by atoms with Gasteiger partial charge in [0, 0.05) is 17.0 Å². The van der Waals surface area contributed by atoms with Crippen molar-refractivity contribution in [2.45, 2.75) is 12.5 Å². The van der Waals surface area contributed by atoms with Crippen LogP contribution in [0.15, 0.2) is 122 Å². The van der Waals surface area contributed by atoms with Crippen molar-refractivity contribution in [3.63, 3.8) is 0 Å². The molecular weight excluding hydrogens is 392 g/mol. The Hall–Kier alpha value is -4.11. The van der Waals surface area contributed by atoms with Gasteiger partial charge in [-0.1, -0.05) is 97.6 Å². The van der Waals surface area contributed by atoms with E-state index in [1.807, 2.05) is 36.4 Å². The summed E-state index contributed by atoms with van der Waals surface area (Å²) in [4.78, 5) is 0. The molecule has 0 saturated carbocycles. The molecule has 4 rings (SSSR count). The van der Waals surface area contributed by atoms with Crippen LogP contribution in [0.25, 0.3) is 0 Å². The lowest BCUT2D eigenvalue weighted by Gasteiger charge is -2.38. The van der Waals surface area contributed by atoms with Crippen LogP contribution in [0.5, 0.6) is 5.75 Å². The molecule has 0 bridgehead atoms. The normalized spacial score (nSPS) is 10.9. The highest BCUT2D eigenvalue weighted by molar-refractivity contribution is 6.02. The molecule has 3 heteroatoms. The first-order chi connectivity index (χ1) is 15.6. The number of anilines is 1. The van der Waals surface area contributed by atoms with Crippen LogP contribution in [0.4, 0.5) is 5.69 Å². The molecule has 3 nitrogen and oxygen atoms in total. The quantitative estimate of drug-likeness (QED) is 0.184. The molecular formula is C29H26N2O. The van der Waals surface area contributed by atoms with Gasteiger partial charge in [0.25, 0.3) is 0 Å². The molecule has 0 atom stereocenters. The van der Waals surface area contributed by atoms with Crippen molar-refractivity contribution in [2.75, 3.05) is 5.32 Å². The van der Waals surface area contributed by atoms with E-state index in [0.29, 0.717) is 11.5 Å². The minimum Gasteiger partial charge on any atom is -0.466 e. The first-order valence-electron chi connectivity index (χ1n) is 10.6. The fraction of sp³-hybridized carbons (Fsp3) is 0.0690. The summed E-state index contributed by atoms with van der Waals surface area (Å²) in [6.07, 6.45) is 1.40. The molecule has 0 aromatic heterocycles. The van der Waals surface area contributed by atoms with E-state index in [0.717, 1.165) is 27.9 Å². The van der Waals surface area contributed by atoms with E-state index in [9.17, 15) is 0 Å². The molecule has 0 heterocycles. The molecule has 0 aliphatic heterocycles. The summed E-state index contributed by atoms with van der Waals surface area (Å²) in [5.41, 5.74) is 4.74. The molecule has 0 unspecified atom stereocenters. The molecule has 4 aromatic carbocycles. The van der Waals surface area contributed by atoms with Crippen molar-refractivity contribution in [1.82, 2.24) is 0 Å². The van der Waals surface area contributed by atoms with E-state index in [1.54, 1.807) is 6.92 Å². The number of ether oxygens (including phenoxy) is 1. The summed E-state index contributed by atoms with van der Waals surface area (Å²) < 4.78 is 5.48. The van der Waals surface area contributed by atoms with Gasteiger partial charge in [-0.15, -0.1) is 0 Å². The van der Waals surface area contributed by atoms with E-state index in [2.05, 4.69) is 84.7 Å². The summed E-state index contributed by atoms with van der Waals surface area (Å²) in [7, 11) is 0. The Balaban J connectivity index is 1.99. The summed E-state index contributed by atoms with van der Waals surface area (Å²) >= 11 is 0. The predicted octanol–water partition coefficient (Wildman–Crippen LogP) is 7.00. The maximum atomic E-state index is 8.41. The fourth-order valence-electron chi connectivity index (χ4n) is 4.10. The second-order valence-electron chi connectivity index (χ2n) is 7.59. The van der Waals surface area contributed by atoms with Gasteiger partial charge in [-0.2, -0.15) is 0 Å². The molecule has 0 spiro atoms. The van der Waals surface area contributed by atoms with Gasteiger partial charge < -0.3 is 15.5 Å². The van der Waals surface area contributed by atoms with Crippen molar-refractivity contribution in [3.05, 3.63) is 144 Å². The summed E-state index contributed by atoms with van der Waals surface area (Å²) in [6, 6.07) is 37.0. The monoisotopic (exact) mass is 418 g/mol. The van der Waals surface area contributed by atoms with Crippen molar-refractivity contribution >= 4 is 11.4 Å². The van der Waals surface area contributed by atoms with Crippen molar-refractivity contribution in [2.24, 2.45) is 0 Å². The minimum absolute atomic E-state index is 0.449. The van der Waals surface area contributed by atoms with E-state index < -0.39 is 5.54 Å². The average molecular weight is 419 g/mol. The molecule has 0 aliphatic rings. The second-order valence-corrected chi connectivity index (χ2v) is 7.59. The zero-order valence-electron chi connectivity index (χ0n) is 18.1. The van der Waals surface area contributed by atoms with Gasteiger partial charge >= 0.3 is 0 Å². The van der Waals surface area contributed by atoms with E-state index in [4.69, 9.17) is 10.1 Å². The number of hydrogen-bond donors (Lipinski definition) is 2. The maximum Gasteiger partial charge on any atom is 0.127 e. The Bertz CT molecular complexity index is 1110. The van der Waals surface area contributed by atoms with Crippen LogP contribution < -0.4 is 10.1 Å². The molecule has 0 amide bonds. The van der Waals surface area contributed by atoms with Gasteiger partial charge in [-0.25, -0.2) is 0 Å². The second kappa shape index (κ2) is 9.36. The number of nitrogens with one attached hydrogen (secondary N) is 2. The van der Waals surface area contributed by atoms with Crippen LogP contribution in [0.1, 0.15) is 29.2 Å². The molecule has 158 valence electrons. The van der Waals surface area contributed by atoms with Crippen LogP contribution in [-0.4, -0.2) is 5.71 Å². The van der Waals surface area contributed by atoms with E-state index >= 15 is 0 Å². The highest BCUT2D eigenvalue weighted by atomic mass is 16.5. The van der Waals surface area contributed by atoms with E-state index in [-0.39, 0.29) is 0 Å². The third-order valence-electron chi connectivity index (χ3n) is 5.56. The van der Waals surface area contributed by atoms with Gasteiger partial charge in [-0.05, 0) is 41.8 Å². The maximum absolute atomic E-state index is 8.41. The predicted molar refractivity (Wildman–Crippen MR) is 133 cm³/mol. The van der Waals surface area contributed by atoms with Crippen LogP contribution in [0.2, 0.25) is 0 Å². The molecule has 2 N–H and O–H groups in total. The van der Waals surface area contributed by atoms with Crippen molar-refractivity contribution < 1.29 is 4.74 Å². The summed E-state index contributed by atoms with van der Waals surface area (Å²) in [5.74, 6) is 0.650. The largest absolute Gasteiger partial charge is 0.466 e. The summed E-state index contributed by atoms with van der Waals surface area (Å²) in [6.45, 7) is 5.42. The topological polar surface area (TPSA) is 45.1 Å². The molecule has 32 heavy (non-hydrogen) atoms. The lowest BCUT2D eigenvalue weighted by atomic mass is 9.76. The molecule has 0 fully saturated rings. The average Bonchev–Trinajstić information content (AvgIpc) is 2.85. The SMILES string of the molecule is C=COc1ccc(NC(c2ccccc2)(c2ccccc2)c2ccccc2)c(C(C)=N)c1. The Morgan fingerprint density at radius 2 is 1.25 bits per heavy atom.